The van der Waals surface area contributed by atoms with Crippen LogP contribution in [0.4, 0.5) is 0 Å². The summed E-state index contributed by atoms with van der Waals surface area (Å²) in [5, 5.41) is 9.96. The van der Waals surface area contributed by atoms with Crippen molar-refractivity contribution in [3.63, 3.8) is 0 Å². The second-order valence-corrected chi connectivity index (χ2v) is 15.9. The molecule has 4 saturated heterocycles. The van der Waals surface area contributed by atoms with Crippen molar-refractivity contribution in [1.29, 1.82) is 0 Å². The first kappa shape index (κ1) is 37.6. The van der Waals surface area contributed by atoms with Gasteiger partial charge in [0.1, 0.15) is 30.7 Å². The molecule has 4 aliphatic rings. The average Bonchev–Trinajstić information content (AvgIpc) is 3.32. The average molecular weight is 723 g/mol. The number of carbonyl (C=O) groups is 4. The van der Waals surface area contributed by atoms with E-state index in [4.69, 9.17) is 23.7 Å². The third-order valence-corrected chi connectivity index (χ3v) is 12.8. The van der Waals surface area contributed by atoms with Crippen LogP contribution in [0.15, 0.2) is 36.4 Å². The van der Waals surface area contributed by atoms with Gasteiger partial charge in [-0.25, -0.2) is 0 Å². The minimum absolute atomic E-state index is 0.0860. The molecule has 12 heteroatoms. The predicted molar refractivity (Wildman–Crippen MR) is 190 cm³/mol. The van der Waals surface area contributed by atoms with Crippen LogP contribution in [-0.4, -0.2) is 96.5 Å². The second kappa shape index (κ2) is 15.1. The molecule has 0 aliphatic carbocycles. The fourth-order valence-corrected chi connectivity index (χ4v) is 10.2. The fraction of sp³-hybridized carbons (Fsp3) is 0.600. The van der Waals surface area contributed by atoms with Crippen molar-refractivity contribution in [2.24, 2.45) is 11.8 Å². The summed E-state index contributed by atoms with van der Waals surface area (Å²) in [6, 6.07) is 12.3. The zero-order valence-corrected chi connectivity index (χ0v) is 31.3. The summed E-state index contributed by atoms with van der Waals surface area (Å²) < 4.78 is 29.7. The molecule has 4 bridgehead atoms. The minimum atomic E-state index is -0.983. The van der Waals surface area contributed by atoms with Gasteiger partial charge in [0.05, 0.1) is 70.4 Å². The molecule has 282 valence electrons. The largest absolute Gasteiger partial charge is 0.497 e. The predicted octanol–water partition coefficient (Wildman–Crippen LogP) is 5.42. The Balaban J connectivity index is 1.13. The Morgan fingerprint density at radius 3 is 1.85 bits per heavy atom. The summed E-state index contributed by atoms with van der Waals surface area (Å²) in [5.41, 5.74) is 2.04. The Morgan fingerprint density at radius 1 is 0.731 bits per heavy atom. The number of rotatable bonds is 13. The van der Waals surface area contributed by atoms with Crippen LogP contribution >= 0.6 is 0 Å². The highest BCUT2D eigenvalue weighted by molar-refractivity contribution is 5.79. The fourth-order valence-electron chi connectivity index (χ4n) is 10.2. The zero-order chi connectivity index (χ0) is 37.4. The summed E-state index contributed by atoms with van der Waals surface area (Å²) in [5.74, 6) is -1.13. The number of ether oxygens (including phenoxy) is 5. The lowest BCUT2D eigenvalue weighted by Gasteiger charge is -2.49. The number of fused-ring (bicyclic) bond motifs is 4. The third kappa shape index (κ3) is 7.64. The van der Waals surface area contributed by atoms with Gasteiger partial charge in [0.2, 0.25) is 0 Å². The molecule has 0 aromatic heterocycles. The third-order valence-electron chi connectivity index (χ3n) is 12.8. The number of quaternary nitrogens is 2. The number of piperidine rings is 2. The Hall–Kier alpha value is -4.16. The Bertz CT molecular complexity index is 1660. The van der Waals surface area contributed by atoms with E-state index in [-0.39, 0.29) is 48.0 Å². The van der Waals surface area contributed by atoms with E-state index < -0.39 is 23.8 Å². The van der Waals surface area contributed by atoms with Crippen LogP contribution in [0.1, 0.15) is 82.8 Å². The molecule has 52 heavy (non-hydrogen) atoms. The molecule has 0 spiro atoms. The van der Waals surface area contributed by atoms with Crippen molar-refractivity contribution >= 4 is 23.9 Å². The highest BCUT2D eigenvalue weighted by atomic mass is 16.6. The normalized spacial score (nSPS) is 31.0. The molecule has 1 N–H and O–H groups in total. The van der Waals surface area contributed by atoms with Crippen LogP contribution in [0.5, 0.6) is 23.0 Å². The quantitative estimate of drug-likeness (QED) is 0.162. The molecule has 4 heterocycles. The number of nitrogens with zero attached hydrogens (tertiary/aromatic N) is 2. The number of carboxylic acid groups (broad SMARTS) is 1. The molecule has 5 atom stereocenters. The molecule has 0 radical (unpaired) electrons. The molecule has 2 aromatic carbocycles. The van der Waals surface area contributed by atoms with E-state index in [0.717, 1.165) is 89.5 Å². The van der Waals surface area contributed by atoms with Crippen molar-refractivity contribution in [3.05, 3.63) is 47.5 Å². The minimum Gasteiger partial charge on any atom is -0.497 e. The van der Waals surface area contributed by atoms with Gasteiger partial charge in [0.25, 0.3) is 0 Å². The van der Waals surface area contributed by atoms with Crippen LogP contribution in [-0.2, 0) is 37.0 Å². The standard InChI is InChI=1S/C40H53N2O10/c1-24(43)50-37-13-7-26(15-38(37)51-25(2)44)22-41(3)29-8-9-30(41)17-27(16-29)35(21-39(45)46)40(47)52-34-19-31-10-11-32(20-34)42(31,4)23-28-18-33(48-5)12-14-36(28)49-6/h7,12-15,18,27,29-32,34-35H,8-11,16-17,19-23H2,1-6H3/q+1/p+1. The number of hydrogen-bond donors (Lipinski definition) is 1. The second-order valence-electron chi connectivity index (χ2n) is 15.9. The van der Waals surface area contributed by atoms with Gasteiger partial charge in [-0.3, -0.25) is 19.2 Å². The monoisotopic (exact) mass is 722 g/mol. The van der Waals surface area contributed by atoms with Crippen molar-refractivity contribution in [2.75, 3.05) is 28.3 Å². The van der Waals surface area contributed by atoms with Crippen LogP contribution in [0.3, 0.4) is 0 Å². The topological polar surface area (TPSA) is 135 Å². The molecule has 12 nitrogen and oxygen atoms in total. The number of esters is 3. The van der Waals surface area contributed by atoms with E-state index in [0.29, 0.717) is 18.6 Å². The lowest BCUT2D eigenvalue weighted by molar-refractivity contribution is -0.962. The Kier molecular flexibility index (Phi) is 10.9. The molecular formula is C40H54N2O10+2. The van der Waals surface area contributed by atoms with Crippen molar-refractivity contribution in [2.45, 2.75) is 115 Å². The van der Waals surface area contributed by atoms with Gasteiger partial charge in [0, 0.05) is 70.8 Å². The maximum atomic E-state index is 14.0. The first-order valence-electron chi connectivity index (χ1n) is 18.5. The van der Waals surface area contributed by atoms with E-state index in [2.05, 4.69) is 14.1 Å². The van der Waals surface area contributed by atoms with Gasteiger partial charge in [0.15, 0.2) is 11.5 Å². The number of hydrogen-bond acceptors (Lipinski definition) is 9. The first-order valence-corrected chi connectivity index (χ1v) is 18.5. The number of aliphatic carboxylic acids is 1. The summed E-state index contributed by atoms with van der Waals surface area (Å²) in [7, 11) is 7.87. The summed E-state index contributed by atoms with van der Waals surface area (Å²) in [4.78, 5) is 49.6. The molecule has 2 aromatic rings. The van der Waals surface area contributed by atoms with Gasteiger partial charge in [-0.1, -0.05) is 0 Å². The highest BCUT2D eigenvalue weighted by Gasteiger charge is 2.56. The van der Waals surface area contributed by atoms with Crippen molar-refractivity contribution in [1.82, 2.24) is 0 Å². The Labute approximate surface area is 306 Å². The van der Waals surface area contributed by atoms with Crippen molar-refractivity contribution < 1.29 is 56.9 Å². The zero-order valence-electron chi connectivity index (χ0n) is 31.3. The van der Waals surface area contributed by atoms with E-state index in [1.165, 1.54) is 13.8 Å². The first-order chi connectivity index (χ1) is 24.7. The molecule has 5 unspecified atom stereocenters. The van der Waals surface area contributed by atoms with E-state index in [1.807, 2.05) is 24.3 Å². The van der Waals surface area contributed by atoms with Gasteiger partial charge in [-0.05, 0) is 42.3 Å². The van der Waals surface area contributed by atoms with Gasteiger partial charge >= 0.3 is 23.9 Å². The van der Waals surface area contributed by atoms with Crippen LogP contribution in [0.2, 0.25) is 0 Å². The lowest BCUT2D eigenvalue weighted by atomic mass is 9.78. The van der Waals surface area contributed by atoms with E-state index in [9.17, 15) is 24.3 Å². The number of carbonyl (C=O) groups excluding carboxylic acids is 3. The van der Waals surface area contributed by atoms with Crippen LogP contribution in [0, 0.1) is 11.8 Å². The van der Waals surface area contributed by atoms with Crippen molar-refractivity contribution in [3.8, 4) is 23.0 Å². The molecule has 4 fully saturated rings. The molecule has 0 saturated carbocycles. The van der Waals surface area contributed by atoms with E-state index in [1.54, 1.807) is 26.4 Å². The summed E-state index contributed by atoms with van der Waals surface area (Å²) >= 11 is 0. The maximum absolute atomic E-state index is 14.0. The number of carboxylic acids is 1. The molecule has 4 aliphatic heterocycles. The summed E-state index contributed by atoms with van der Waals surface area (Å²) in [6.45, 7) is 4.05. The smallest absolute Gasteiger partial charge is 0.310 e. The number of benzene rings is 2. The highest BCUT2D eigenvalue weighted by Crippen LogP contribution is 2.49. The lowest BCUT2D eigenvalue weighted by Crippen LogP contribution is -2.59. The molecular weight excluding hydrogens is 668 g/mol. The van der Waals surface area contributed by atoms with Gasteiger partial charge in [-0.2, -0.15) is 0 Å². The van der Waals surface area contributed by atoms with Gasteiger partial charge < -0.3 is 37.8 Å². The van der Waals surface area contributed by atoms with Crippen LogP contribution < -0.4 is 18.9 Å². The molecule has 0 amide bonds. The van der Waals surface area contributed by atoms with Crippen LogP contribution in [0.25, 0.3) is 0 Å². The maximum Gasteiger partial charge on any atom is 0.310 e. The van der Waals surface area contributed by atoms with E-state index >= 15 is 0 Å². The molecule has 6 rings (SSSR count). The van der Waals surface area contributed by atoms with Gasteiger partial charge in [-0.15, -0.1) is 0 Å². The number of methoxy groups -OCH3 is 2. The SMILES string of the molecule is COc1ccc(OC)c(C[N+]2(C)C3CCC2CC(OC(=O)C(CC(=O)O)C2CC4CCC(C2)[N+]4(C)Cc2ccc(OC(C)=O)c(OC(C)=O)c2)C3)c1. The Morgan fingerprint density at radius 2 is 1.29 bits per heavy atom. The summed E-state index contributed by atoms with van der Waals surface area (Å²) in [6.07, 6.45) is 6.56.